The highest BCUT2D eigenvalue weighted by molar-refractivity contribution is 7.86. The molecular weight excluding hydrogens is 506 g/mol. The number of rotatable bonds is 7. The topological polar surface area (TPSA) is 69.2 Å². The highest BCUT2D eigenvalue weighted by atomic mass is 35.5. The minimum absolute atomic E-state index is 0.353. The Hall–Kier alpha value is -1.58. The van der Waals surface area contributed by atoms with Crippen LogP contribution in [0.1, 0.15) is 0 Å². The lowest BCUT2D eigenvalue weighted by Crippen LogP contribution is -2.59. The maximum atomic E-state index is 14.0. The van der Waals surface area contributed by atoms with E-state index in [2.05, 4.69) is 14.2 Å². The average molecular weight is 511 g/mol. The Labute approximate surface area is 170 Å². The van der Waals surface area contributed by atoms with Gasteiger partial charge in [-0.3, -0.25) is 4.18 Å². The van der Waals surface area contributed by atoms with Gasteiger partial charge in [0.05, 0.1) is 11.0 Å². The van der Waals surface area contributed by atoms with Crippen molar-refractivity contribution in [3.8, 4) is 0 Å². The van der Waals surface area contributed by atoms with Crippen LogP contribution in [-0.2, 0) is 14.3 Å². The van der Waals surface area contributed by atoms with Crippen molar-refractivity contribution in [1.82, 2.24) is 9.97 Å². The highest BCUT2D eigenvalue weighted by Crippen LogP contribution is 2.48. The predicted octanol–water partition coefficient (Wildman–Crippen LogP) is 4.95. The SMILES string of the molecule is O=S(=O)(OCC(F)(F)C(F)(F)C(F)(F)C(F)F)c1cc2nc(Cl)c(Cl)nc2cc1F. The molecule has 0 amide bonds. The Bertz CT molecular complexity index is 1080. The molecule has 0 aliphatic rings. The third kappa shape index (κ3) is 4.24. The van der Waals surface area contributed by atoms with Crippen LogP contribution in [0.2, 0.25) is 10.3 Å². The number of aromatic nitrogens is 2. The number of hydrogen-bond donors (Lipinski definition) is 0. The van der Waals surface area contributed by atoms with Crippen LogP contribution < -0.4 is 0 Å². The minimum Gasteiger partial charge on any atom is -0.260 e. The normalized spacial score (nSPS) is 14.0. The fraction of sp³-hybridized carbons (Fsp3) is 0.385. The van der Waals surface area contributed by atoms with Gasteiger partial charge in [0.1, 0.15) is 17.3 Å². The van der Waals surface area contributed by atoms with E-state index < -0.39 is 67.5 Å². The summed E-state index contributed by atoms with van der Waals surface area (Å²) >= 11 is 11.1. The lowest BCUT2D eigenvalue weighted by Gasteiger charge is -2.31. The molecule has 0 atom stereocenters. The largest absolute Gasteiger partial charge is 0.380 e. The zero-order valence-corrected chi connectivity index (χ0v) is 16.0. The van der Waals surface area contributed by atoms with Crippen molar-refractivity contribution in [3.63, 3.8) is 0 Å². The molecule has 0 unspecified atom stereocenters. The van der Waals surface area contributed by atoms with Gasteiger partial charge >= 0.3 is 24.2 Å². The van der Waals surface area contributed by atoms with E-state index in [0.717, 1.165) is 0 Å². The Morgan fingerprint density at radius 1 is 0.967 bits per heavy atom. The Morgan fingerprint density at radius 3 is 1.90 bits per heavy atom. The van der Waals surface area contributed by atoms with Gasteiger partial charge in [0.2, 0.25) is 0 Å². The van der Waals surface area contributed by atoms with E-state index in [-0.39, 0.29) is 5.52 Å². The molecular formula is C13H5Cl2F9N2O3S. The van der Waals surface area contributed by atoms with Crippen molar-refractivity contribution < 1.29 is 52.1 Å². The monoisotopic (exact) mass is 510 g/mol. The van der Waals surface area contributed by atoms with E-state index >= 15 is 0 Å². The molecule has 1 aromatic heterocycles. The summed E-state index contributed by atoms with van der Waals surface area (Å²) in [6.07, 6.45) is -5.21. The fourth-order valence-corrected chi connectivity index (χ4v) is 3.14. The van der Waals surface area contributed by atoms with Crippen LogP contribution in [0.25, 0.3) is 11.0 Å². The summed E-state index contributed by atoms with van der Waals surface area (Å²) in [5.74, 6) is -21.0. The van der Waals surface area contributed by atoms with E-state index in [4.69, 9.17) is 23.2 Å². The molecule has 0 spiro atoms. The van der Waals surface area contributed by atoms with Crippen LogP contribution in [0.4, 0.5) is 39.5 Å². The summed E-state index contributed by atoms with van der Waals surface area (Å²) < 4.78 is 144. The summed E-state index contributed by atoms with van der Waals surface area (Å²) in [7, 11) is -5.63. The van der Waals surface area contributed by atoms with E-state index in [1.165, 1.54) is 0 Å². The Kier molecular flexibility index (Phi) is 6.45. The molecule has 5 nitrogen and oxygen atoms in total. The van der Waals surface area contributed by atoms with E-state index in [9.17, 15) is 47.9 Å². The highest BCUT2D eigenvalue weighted by Gasteiger charge is 2.75. The van der Waals surface area contributed by atoms with Gasteiger partial charge in [0.15, 0.2) is 10.3 Å². The Balaban J connectivity index is 2.39. The molecule has 0 aliphatic carbocycles. The smallest absolute Gasteiger partial charge is 0.260 e. The number of alkyl halides is 8. The van der Waals surface area contributed by atoms with Crippen LogP contribution in [0.15, 0.2) is 17.0 Å². The molecule has 2 aromatic rings. The first-order chi connectivity index (χ1) is 13.4. The van der Waals surface area contributed by atoms with Crippen molar-refractivity contribution in [2.24, 2.45) is 0 Å². The van der Waals surface area contributed by atoms with Gasteiger partial charge in [0, 0.05) is 6.07 Å². The van der Waals surface area contributed by atoms with Gasteiger partial charge in [-0.2, -0.15) is 34.8 Å². The summed E-state index contributed by atoms with van der Waals surface area (Å²) in [5, 5.41) is -0.877. The molecule has 0 N–H and O–H groups in total. The number of hydrogen-bond acceptors (Lipinski definition) is 5. The molecule has 0 aliphatic heterocycles. The van der Waals surface area contributed by atoms with Gasteiger partial charge in [-0.25, -0.2) is 23.1 Å². The molecule has 0 bridgehead atoms. The van der Waals surface area contributed by atoms with Crippen LogP contribution in [0.3, 0.4) is 0 Å². The maximum Gasteiger partial charge on any atom is 0.380 e. The number of fused-ring (bicyclic) bond motifs is 1. The van der Waals surface area contributed by atoms with Crippen molar-refractivity contribution in [2.45, 2.75) is 29.1 Å². The Morgan fingerprint density at radius 2 is 1.43 bits per heavy atom. The summed E-state index contributed by atoms with van der Waals surface area (Å²) in [6, 6.07) is 0.762. The van der Waals surface area contributed by atoms with Crippen LogP contribution in [0, 0.1) is 5.82 Å². The molecule has 1 aromatic carbocycles. The predicted molar refractivity (Wildman–Crippen MR) is 83.5 cm³/mol. The molecule has 17 heteroatoms. The second-order valence-corrected chi connectivity index (χ2v) is 7.80. The molecule has 0 saturated carbocycles. The molecule has 0 saturated heterocycles. The molecule has 1 heterocycles. The van der Waals surface area contributed by atoms with E-state index in [0.29, 0.717) is 12.1 Å². The molecule has 2 rings (SSSR count). The van der Waals surface area contributed by atoms with Crippen molar-refractivity contribution in [1.29, 1.82) is 0 Å². The summed E-state index contributed by atoms with van der Waals surface area (Å²) in [6.45, 7) is -3.00. The van der Waals surface area contributed by atoms with Crippen LogP contribution >= 0.6 is 23.2 Å². The first-order valence-corrected chi connectivity index (χ1v) is 9.24. The van der Waals surface area contributed by atoms with Gasteiger partial charge < -0.3 is 0 Å². The van der Waals surface area contributed by atoms with Crippen LogP contribution in [0.5, 0.6) is 0 Å². The second kappa shape index (κ2) is 7.84. The second-order valence-electron chi connectivity index (χ2n) is 5.50. The fourth-order valence-electron chi connectivity index (χ4n) is 1.89. The summed E-state index contributed by atoms with van der Waals surface area (Å²) in [4.78, 5) is 5.54. The van der Waals surface area contributed by atoms with Crippen molar-refractivity contribution >= 4 is 44.4 Å². The molecule has 168 valence electrons. The van der Waals surface area contributed by atoms with Crippen LogP contribution in [-0.4, -0.2) is 49.2 Å². The van der Waals surface area contributed by atoms with Gasteiger partial charge in [0.25, 0.3) is 10.1 Å². The molecule has 0 radical (unpaired) electrons. The first kappa shape index (κ1) is 24.7. The van der Waals surface area contributed by atoms with E-state index in [1.807, 2.05) is 0 Å². The van der Waals surface area contributed by atoms with Gasteiger partial charge in [-0.05, 0) is 6.07 Å². The maximum absolute atomic E-state index is 14.0. The minimum atomic E-state index is -6.71. The standard InChI is InChI=1S/C13H5Cl2F9N2O3S/c14-8-9(15)26-6-2-7(4(16)1-5(6)25-8)30(27,28)29-3-11(19,20)13(23,24)12(21,22)10(17)18/h1-2,10H,3H2. The third-order valence-corrected chi connectivity index (χ3v) is 5.36. The third-order valence-electron chi connectivity index (χ3n) is 3.45. The van der Waals surface area contributed by atoms with Gasteiger partial charge in [-0.15, -0.1) is 0 Å². The summed E-state index contributed by atoms with van der Waals surface area (Å²) in [5.41, 5.74) is -0.802. The van der Waals surface area contributed by atoms with Crippen molar-refractivity contribution in [2.75, 3.05) is 6.61 Å². The zero-order valence-electron chi connectivity index (χ0n) is 13.6. The number of halogens is 11. The lowest BCUT2D eigenvalue weighted by atomic mass is 10.1. The van der Waals surface area contributed by atoms with Crippen molar-refractivity contribution in [3.05, 3.63) is 28.3 Å². The van der Waals surface area contributed by atoms with Gasteiger partial charge in [-0.1, -0.05) is 23.2 Å². The lowest BCUT2D eigenvalue weighted by molar-refractivity contribution is -0.342. The van der Waals surface area contributed by atoms with E-state index in [1.54, 1.807) is 0 Å². The zero-order chi connectivity index (χ0) is 23.3. The number of benzene rings is 1. The quantitative estimate of drug-likeness (QED) is 0.389. The first-order valence-electron chi connectivity index (χ1n) is 7.07. The molecule has 30 heavy (non-hydrogen) atoms. The number of nitrogens with zero attached hydrogens (tertiary/aromatic N) is 2. The molecule has 0 fully saturated rings. The average Bonchev–Trinajstić information content (AvgIpc) is 2.60.